The van der Waals surface area contributed by atoms with E-state index in [1.165, 1.54) is 10.5 Å². The van der Waals surface area contributed by atoms with Gasteiger partial charge in [-0.25, -0.2) is 0 Å². The number of rotatable bonds is 7. The highest BCUT2D eigenvalue weighted by Crippen LogP contribution is 2.22. The fourth-order valence-electron chi connectivity index (χ4n) is 4.33. The minimum atomic E-state index is -0.106. The Morgan fingerprint density at radius 1 is 1.13 bits per heavy atom. The number of methoxy groups -OCH3 is 1. The average Bonchev–Trinajstić information content (AvgIpc) is 3.26. The Hall–Kier alpha value is -2.90. The molecule has 2 heterocycles. The normalized spacial score (nSPS) is 18.1. The molecule has 31 heavy (non-hydrogen) atoms. The van der Waals surface area contributed by atoms with E-state index in [4.69, 9.17) is 9.47 Å². The minimum absolute atomic E-state index is 0.106. The van der Waals surface area contributed by atoms with Gasteiger partial charge in [0.15, 0.2) is 0 Å². The molecular weight excluding hydrogens is 394 g/mol. The smallest absolute Gasteiger partial charge is 0.251 e. The molecule has 7 heteroatoms. The number of anilines is 1. The van der Waals surface area contributed by atoms with Crippen LogP contribution in [0.5, 0.6) is 5.75 Å². The third-order valence-electron chi connectivity index (χ3n) is 6.13. The van der Waals surface area contributed by atoms with Crippen molar-refractivity contribution in [2.45, 2.75) is 18.9 Å². The number of benzene rings is 2. The van der Waals surface area contributed by atoms with Crippen LogP contribution in [0.25, 0.3) is 0 Å². The molecule has 0 unspecified atom stereocenters. The first-order valence-corrected chi connectivity index (χ1v) is 10.9. The van der Waals surface area contributed by atoms with Gasteiger partial charge in [-0.1, -0.05) is 0 Å². The molecule has 1 atom stereocenters. The fraction of sp³-hybridized carbons (Fsp3) is 0.417. The van der Waals surface area contributed by atoms with E-state index in [2.05, 4.69) is 17.4 Å². The number of carbonyl (C=O) groups excluding carboxylic acids is 2. The van der Waals surface area contributed by atoms with Crippen LogP contribution in [-0.2, 0) is 9.53 Å². The third-order valence-corrected chi connectivity index (χ3v) is 6.13. The van der Waals surface area contributed by atoms with E-state index in [1.54, 1.807) is 24.1 Å². The van der Waals surface area contributed by atoms with Crippen molar-refractivity contribution in [2.24, 2.45) is 0 Å². The molecule has 2 N–H and O–H groups in total. The predicted octanol–water partition coefficient (Wildman–Crippen LogP) is 1.21. The summed E-state index contributed by atoms with van der Waals surface area (Å²) in [4.78, 5) is 27.9. The summed E-state index contributed by atoms with van der Waals surface area (Å²) >= 11 is 0. The molecule has 2 saturated heterocycles. The Labute approximate surface area is 182 Å². The molecule has 0 bridgehead atoms. The molecule has 2 aliphatic heterocycles. The minimum Gasteiger partial charge on any atom is -0.497 e. The van der Waals surface area contributed by atoms with Crippen molar-refractivity contribution in [2.75, 3.05) is 51.4 Å². The van der Waals surface area contributed by atoms with Gasteiger partial charge in [0.05, 0.1) is 26.9 Å². The zero-order chi connectivity index (χ0) is 21.6. The molecule has 0 spiro atoms. The van der Waals surface area contributed by atoms with Crippen molar-refractivity contribution in [1.29, 1.82) is 0 Å². The largest absolute Gasteiger partial charge is 0.497 e. The number of ether oxygens (including phenoxy) is 2. The first-order valence-electron chi connectivity index (χ1n) is 10.9. The molecule has 2 fully saturated rings. The lowest BCUT2D eigenvalue weighted by Crippen LogP contribution is -3.15. The molecule has 0 saturated carbocycles. The van der Waals surface area contributed by atoms with E-state index in [0.717, 1.165) is 50.7 Å². The molecule has 2 aromatic rings. The maximum Gasteiger partial charge on any atom is 0.251 e. The van der Waals surface area contributed by atoms with Gasteiger partial charge in [-0.15, -0.1) is 0 Å². The second-order valence-electron chi connectivity index (χ2n) is 8.00. The average molecular weight is 425 g/mol. The zero-order valence-corrected chi connectivity index (χ0v) is 17.9. The van der Waals surface area contributed by atoms with Gasteiger partial charge in [0.25, 0.3) is 5.91 Å². The molecule has 0 aromatic heterocycles. The highest BCUT2D eigenvalue weighted by atomic mass is 16.5. The molecule has 164 valence electrons. The second-order valence-corrected chi connectivity index (χ2v) is 8.00. The van der Waals surface area contributed by atoms with E-state index in [0.29, 0.717) is 18.5 Å². The molecule has 4 rings (SSSR count). The molecule has 0 aliphatic carbocycles. The first kappa shape index (κ1) is 21.3. The summed E-state index contributed by atoms with van der Waals surface area (Å²) in [7, 11) is 1.66. The van der Waals surface area contributed by atoms with Gasteiger partial charge < -0.3 is 24.6 Å². The number of carbonyl (C=O) groups is 2. The number of morpholine rings is 1. The van der Waals surface area contributed by atoms with Crippen LogP contribution in [-0.4, -0.2) is 58.3 Å². The SMILES string of the molecule is COc1ccc([C@H](CNC(=O)c2ccc(N3CCCC3=O)cc2)[NH+]2CCOCC2)cc1. The molecule has 2 aliphatic rings. The van der Waals surface area contributed by atoms with Crippen LogP contribution < -0.4 is 19.9 Å². The Morgan fingerprint density at radius 3 is 2.45 bits per heavy atom. The van der Waals surface area contributed by atoms with Crippen LogP contribution in [0, 0.1) is 0 Å². The number of nitrogens with one attached hydrogen (secondary N) is 2. The summed E-state index contributed by atoms with van der Waals surface area (Å²) in [6.07, 6.45) is 1.48. The lowest BCUT2D eigenvalue weighted by molar-refractivity contribution is -0.937. The van der Waals surface area contributed by atoms with E-state index in [9.17, 15) is 9.59 Å². The monoisotopic (exact) mass is 424 g/mol. The standard InChI is InChI=1S/C24H29N3O4/c1-30-21-10-6-18(7-11-21)22(26-13-15-31-16-14-26)17-25-24(29)19-4-8-20(9-5-19)27-12-2-3-23(27)28/h4-11,22H,2-3,12-17H2,1H3,(H,25,29)/p+1/t22-/m0/s1. The molecule has 2 aromatic carbocycles. The van der Waals surface area contributed by atoms with Gasteiger partial charge in [-0.05, 0) is 55.0 Å². The number of hydrogen-bond donors (Lipinski definition) is 2. The molecule has 7 nitrogen and oxygen atoms in total. The highest BCUT2D eigenvalue weighted by Gasteiger charge is 2.27. The van der Waals surface area contributed by atoms with Crippen LogP contribution in [0.15, 0.2) is 48.5 Å². The van der Waals surface area contributed by atoms with Gasteiger partial charge in [0.2, 0.25) is 5.91 Å². The van der Waals surface area contributed by atoms with Crippen LogP contribution in [0.3, 0.4) is 0 Å². The summed E-state index contributed by atoms with van der Waals surface area (Å²) in [5, 5.41) is 3.11. The number of nitrogens with zero attached hydrogens (tertiary/aromatic N) is 1. The van der Waals surface area contributed by atoms with Crippen molar-refractivity contribution in [3.63, 3.8) is 0 Å². The Bertz CT molecular complexity index is 892. The van der Waals surface area contributed by atoms with E-state index in [-0.39, 0.29) is 17.9 Å². The summed E-state index contributed by atoms with van der Waals surface area (Å²) in [6, 6.07) is 15.5. The van der Waals surface area contributed by atoms with Crippen molar-refractivity contribution in [1.82, 2.24) is 5.32 Å². The van der Waals surface area contributed by atoms with Gasteiger partial charge in [-0.3, -0.25) is 9.59 Å². The Morgan fingerprint density at radius 2 is 1.84 bits per heavy atom. The van der Waals surface area contributed by atoms with Crippen LogP contribution >= 0.6 is 0 Å². The van der Waals surface area contributed by atoms with Gasteiger partial charge in [0.1, 0.15) is 24.9 Å². The lowest BCUT2D eigenvalue weighted by atomic mass is 10.0. The van der Waals surface area contributed by atoms with Crippen LogP contribution in [0.2, 0.25) is 0 Å². The first-order chi connectivity index (χ1) is 15.2. The van der Waals surface area contributed by atoms with Gasteiger partial charge in [-0.2, -0.15) is 0 Å². The van der Waals surface area contributed by atoms with Crippen molar-refractivity contribution in [3.8, 4) is 5.75 Å². The second kappa shape index (κ2) is 9.94. The highest BCUT2D eigenvalue weighted by molar-refractivity contribution is 5.97. The van der Waals surface area contributed by atoms with Gasteiger partial charge in [0, 0.05) is 29.8 Å². The van der Waals surface area contributed by atoms with Crippen LogP contribution in [0.1, 0.15) is 34.8 Å². The van der Waals surface area contributed by atoms with Gasteiger partial charge >= 0.3 is 0 Å². The Kier molecular flexibility index (Phi) is 6.84. The fourth-order valence-corrected chi connectivity index (χ4v) is 4.33. The van der Waals surface area contributed by atoms with E-state index >= 15 is 0 Å². The number of amides is 2. The quantitative estimate of drug-likeness (QED) is 0.701. The molecule has 2 amide bonds. The number of quaternary nitrogens is 1. The molecular formula is C24H30N3O4+. The third kappa shape index (κ3) is 5.06. The van der Waals surface area contributed by atoms with Crippen molar-refractivity contribution >= 4 is 17.5 Å². The lowest BCUT2D eigenvalue weighted by Gasteiger charge is -2.32. The predicted molar refractivity (Wildman–Crippen MR) is 118 cm³/mol. The number of hydrogen-bond acceptors (Lipinski definition) is 4. The Balaban J connectivity index is 1.43. The maximum absolute atomic E-state index is 12.8. The summed E-state index contributed by atoms with van der Waals surface area (Å²) in [6.45, 7) is 4.55. The summed E-state index contributed by atoms with van der Waals surface area (Å²) < 4.78 is 10.8. The van der Waals surface area contributed by atoms with Crippen LogP contribution in [0.4, 0.5) is 5.69 Å². The van der Waals surface area contributed by atoms with E-state index in [1.807, 2.05) is 24.3 Å². The van der Waals surface area contributed by atoms with E-state index < -0.39 is 0 Å². The van der Waals surface area contributed by atoms with Crippen molar-refractivity contribution < 1.29 is 24.0 Å². The maximum atomic E-state index is 12.8. The summed E-state index contributed by atoms with van der Waals surface area (Å²) in [5.41, 5.74) is 2.62. The zero-order valence-electron chi connectivity index (χ0n) is 17.9. The topological polar surface area (TPSA) is 72.3 Å². The molecule has 0 radical (unpaired) electrons. The van der Waals surface area contributed by atoms with Crippen molar-refractivity contribution in [3.05, 3.63) is 59.7 Å². The summed E-state index contributed by atoms with van der Waals surface area (Å²) in [5.74, 6) is 0.860.